The lowest BCUT2D eigenvalue weighted by Gasteiger charge is -2.13. The van der Waals surface area contributed by atoms with Gasteiger partial charge in [-0.15, -0.1) is 0 Å². The normalized spacial score (nSPS) is 14.8. The summed E-state index contributed by atoms with van der Waals surface area (Å²) in [5, 5.41) is -0.309. The molecule has 3 rings (SSSR count). The molecule has 0 aliphatic carbocycles. The molecule has 1 saturated heterocycles. The van der Waals surface area contributed by atoms with Crippen LogP contribution in [0.15, 0.2) is 54.0 Å². The highest BCUT2D eigenvalue weighted by Crippen LogP contribution is 2.37. The second-order valence-corrected chi connectivity index (χ2v) is 8.79. The van der Waals surface area contributed by atoms with E-state index in [1.807, 2.05) is 37.3 Å². The lowest BCUT2D eigenvalue weighted by atomic mass is 10.2. The van der Waals surface area contributed by atoms with Crippen molar-refractivity contribution in [3.8, 4) is 17.2 Å². The molecule has 2 amide bonds. The zero-order valence-corrected chi connectivity index (χ0v) is 20.2. The van der Waals surface area contributed by atoms with Gasteiger partial charge in [0.15, 0.2) is 11.5 Å². The topological polar surface area (TPSA) is 65.1 Å². The van der Waals surface area contributed by atoms with Crippen molar-refractivity contribution in [1.82, 2.24) is 4.90 Å². The van der Waals surface area contributed by atoms with E-state index in [0.29, 0.717) is 28.8 Å². The van der Waals surface area contributed by atoms with Crippen molar-refractivity contribution in [3.05, 3.63) is 68.7 Å². The quantitative estimate of drug-likeness (QED) is 0.240. The summed E-state index contributed by atoms with van der Waals surface area (Å²) in [5.74, 6) is 1.54. The third-order valence-corrected chi connectivity index (χ3v) is 6.05. The average molecular weight is 551 g/mol. The van der Waals surface area contributed by atoms with Crippen molar-refractivity contribution < 1.29 is 23.8 Å². The highest BCUT2D eigenvalue weighted by atomic mass is 127. The first-order valence-corrected chi connectivity index (χ1v) is 11.4. The number of ether oxygens (including phenoxy) is 3. The van der Waals surface area contributed by atoms with Crippen molar-refractivity contribution in [1.29, 1.82) is 0 Å². The molecule has 31 heavy (non-hydrogen) atoms. The third kappa shape index (κ3) is 5.82. The fraction of sp³-hybridized carbons (Fsp3) is 0.217. The Hall–Kier alpha value is -2.46. The van der Waals surface area contributed by atoms with Gasteiger partial charge >= 0.3 is 0 Å². The smallest absolute Gasteiger partial charge is 0.293 e. The Bertz CT molecular complexity index is 1040. The minimum atomic E-state index is -0.330. The van der Waals surface area contributed by atoms with Crippen molar-refractivity contribution in [2.24, 2.45) is 0 Å². The van der Waals surface area contributed by atoms with Gasteiger partial charge in [0.25, 0.3) is 11.1 Å². The van der Waals surface area contributed by atoms with Crippen LogP contribution in [0.1, 0.15) is 11.1 Å². The van der Waals surface area contributed by atoms with Crippen LogP contribution in [0.3, 0.4) is 0 Å². The van der Waals surface area contributed by atoms with Gasteiger partial charge in [-0.1, -0.05) is 24.8 Å². The summed E-state index contributed by atoms with van der Waals surface area (Å²) >= 11 is 3.06. The number of benzene rings is 2. The third-order valence-electron chi connectivity index (χ3n) is 4.34. The first-order valence-electron chi connectivity index (χ1n) is 9.49. The Balaban J connectivity index is 1.70. The number of hydrogen-bond acceptors (Lipinski definition) is 6. The maximum absolute atomic E-state index is 12.8. The Morgan fingerprint density at radius 2 is 2.00 bits per heavy atom. The Labute approximate surface area is 199 Å². The molecule has 0 aromatic heterocycles. The molecular weight excluding hydrogens is 529 g/mol. The molecule has 0 radical (unpaired) electrons. The lowest BCUT2D eigenvalue weighted by molar-refractivity contribution is -0.123. The van der Waals surface area contributed by atoms with Crippen LogP contribution in [0, 0.1) is 10.5 Å². The Morgan fingerprint density at radius 1 is 1.19 bits per heavy atom. The number of rotatable bonds is 9. The van der Waals surface area contributed by atoms with Crippen LogP contribution in [0.4, 0.5) is 4.79 Å². The fourth-order valence-electron chi connectivity index (χ4n) is 2.91. The van der Waals surface area contributed by atoms with Crippen LogP contribution in [-0.2, 0) is 4.79 Å². The van der Waals surface area contributed by atoms with E-state index < -0.39 is 0 Å². The molecule has 1 aliphatic rings. The van der Waals surface area contributed by atoms with E-state index in [-0.39, 0.29) is 24.3 Å². The van der Waals surface area contributed by atoms with Crippen LogP contribution in [0.25, 0.3) is 6.08 Å². The molecule has 162 valence electrons. The second-order valence-electron chi connectivity index (χ2n) is 6.63. The van der Waals surface area contributed by atoms with Gasteiger partial charge in [0.05, 0.1) is 22.1 Å². The van der Waals surface area contributed by atoms with Crippen molar-refractivity contribution in [3.63, 3.8) is 0 Å². The van der Waals surface area contributed by atoms with E-state index in [4.69, 9.17) is 14.2 Å². The molecule has 0 N–H and O–H groups in total. The molecule has 0 saturated carbocycles. The predicted molar refractivity (Wildman–Crippen MR) is 131 cm³/mol. The minimum Gasteiger partial charge on any atom is -0.493 e. The van der Waals surface area contributed by atoms with E-state index in [0.717, 1.165) is 26.5 Å². The van der Waals surface area contributed by atoms with Gasteiger partial charge in [-0.3, -0.25) is 14.5 Å². The molecule has 0 bridgehead atoms. The van der Waals surface area contributed by atoms with Crippen LogP contribution in [0.5, 0.6) is 17.2 Å². The molecular formula is C23H22INO5S. The number of amides is 2. The van der Waals surface area contributed by atoms with Crippen molar-refractivity contribution in [2.45, 2.75) is 6.92 Å². The summed E-state index contributed by atoms with van der Waals surface area (Å²) in [5.41, 5.74) is 1.83. The molecule has 0 spiro atoms. The monoisotopic (exact) mass is 551 g/mol. The standard InChI is InChI=1S/C23H22INO5S/c1-4-9-30-21-18(24)12-16(13-19(21)28-3)14-20-22(26)25(23(27)31-20)8-10-29-17-7-5-6-15(2)11-17/h4-7,11-14H,1,8-10H2,2-3H3/b20-14-. The summed E-state index contributed by atoms with van der Waals surface area (Å²) in [6, 6.07) is 11.3. The molecule has 6 nitrogen and oxygen atoms in total. The number of carbonyl (C=O) groups excluding carboxylic acids is 2. The zero-order valence-electron chi connectivity index (χ0n) is 17.2. The minimum absolute atomic E-state index is 0.186. The summed E-state index contributed by atoms with van der Waals surface area (Å²) in [7, 11) is 1.55. The van der Waals surface area contributed by atoms with Crippen molar-refractivity contribution >= 4 is 51.6 Å². The molecule has 1 fully saturated rings. The summed E-state index contributed by atoms with van der Waals surface area (Å²) in [6.45, 7) is 6.40. The van der Waals surface area contributed by atoms with E-state index >= 15 is 0 Å². The number of hydrogen-bond donors (Lipinski definition) is 0. The van der Waals surface area contributed by atoms with Gasteiger partial charge in [0.1, 0.15) is 19.0 Å². The first kappa shape index (κ1) is 23.2. The second kappa shape index (κ2) is 10.7. The largest absolute Gasteiger partial charge is 0.493 e. The van der Waals surface area contributed by atoms with Gasteiger partial charge in [0.2, 0.25) is 0 Å². The molecule has 0 unspecified atom stereocenters. The summed E-state index contributed by atoms with van der Waals surface area (Å²) in [4.78, 5) is 26.7. The average Bonchev–Trinajstić information content (AvgIpc) is 3.00. The van der Waals surface area contributed by atoms with E-state index in [1.165, 1.54) is 4.90 Å². The van der Waals surface area contributed by atoms with Crippen molar-refractivity contribution in [2.75, 3.05) is 26.9 Å². The number of aryl methyl sites for hydroxylation is 1. The summed E-state index contributed by atoms with van der Waals surface area (Å²) in [6.07, 6.45) is 3.34. The highest BCUT2D eigenvalue weighted by Gasteiger charge is 2.34. The van der Waals surface area contributed by atoms with Crippen LogP contribution in [-0.4, -0.2) is 42.9 Å². The van der Waals surface area contributed by atoms with Gasteiger partial charge in [-0.25, -0.2) is 0 Å². The number of imide groups is 1. The molecule has 0 atom stereocenters. The number of nitrogens with zero attached hydrogens (tertiary/aromatic N) is 1. The van der Waals surface area contributed by atoms with Crippen LogP contribution in [0.2, 0.25) is 0 Å². The first-order chi connectivity index (χ1) is 14.9. The van der Waals surface area contributed by atoms with Gasteiger partial charge in [-0.05, 0) is 82.7 Å². The molecule has 8 heteroatoms. The summed E-state index contributed by atoms with van der Waals surface area (Å²) < 4.78 is 17.6. The van der Waals surface area contributed by atoms with E-state index in [2.05, 4.69) is 29.2 Å². The van der Waals surface area contributed by atoms with Gasteiger partial charge in [0, 0.05) is 0 Å². The molecule has 1 aliphatic heterocycles. The van der Waals surface area contributed by atoms with E-state index in [9.17, 15) is 9.59 Å². The Morgan fingerprint density at radius 3 is 2.71 bits per heavy atom. The number of thioether (sulfide) groups is 1. The molecule has 2 aromatic carbocycles. The molecule has 2 aromatic rings. The fourth-order valence-corrected chi connectivity index (χ4v) is 4.56. The number of carbonyl (C=O) groups is 2. The van der Waals surface area contributed by atoms with Gasteiger partial charge < -0.3 is 14.2 Å². The zero-order chi connectivity index (χ0) is 22.4. The predicted octanol–water partition coefficient (Wildman–Crippen LogP) is 5.29. The number of halogens is 1. The maximum Gasteiger partial charge on any atom is 0.293 e. The van der Waals surface area contributed by atoms with Crippen LogP contribution < -0.4 is 14.2 Å². The van der Waals surface area contributed by atoms with E-state index in [1.54, 1.807) is 25.3 Å². The Kier molecular flexibility index (Phi) is 8.03. The molecule has 1 heterocycles. The maximum atomic E-state index is 12.8. The lowest BCUT2D eigenvalue weighted by Crippen LogP contribution is -2.32. The van der Waals surface area contributed by atoms with Gasteiger partial charge in [-0.2, -0.15) is 0 Å². The number of methoxy groups -OCH3 is 1. The highest BCUT2D eigenvalue weighted by molar-refractivity contribution is 14.1. The van der Waals surface area contributed by atoms with Crippen LogP contribution >= 0.6 is 34.4 Å². The SMILES string of the molecule is C=CCOc1c(I)cc(/C=C2\SC(=O)N(CCOc3cccc(C)c3)C2=O)cc1OC.